The summed E-state index contributed by atoms with van der Waals surface area (Å²) < 4.78 is 5.85. The van der Waals surface area contributed by atoms with Gasteiger partial charge in [-0.25, -0.2) is 0 Å². The minimum absolute atomic E-state index is 0.344. The van der Waals surface area contributed by atoms with E-state index in [0.717, 1.165) is 31.1 Å². The van der Waals surface area contributed by atoms with Crippen LogP contribution in [0.4, 0.5) is 0 Å². The molecule has 2 nitrogen and oxygen atoms in total. The average molecular weight is 253 g/mol. The standard InChI is InChI=1S/C14H23NOS/c1-4-15-12(2)13-8-5-6-9-14(13)16-10-7-11-17-3/h5-6,8-9,12,15H,4,7,10-11H2,1-3H3. The van der Waals surface area contributed by atoms with Gasteiger partial charge in [0.25, 0.3) is 0 Å². The smallest absolute Gasteiger partial charge is 0.124 e. The van der Waals surface area contributed by atoms with E-state index < -0.39 is 0 Å². The van der Waals surface area contributed by atoms with Gasteiger partial charge in [0.2, 0.25) is 0 Å². The second-order valence-electron chi connectivity index (χ2n) is 4.01. The zero-order valence-electron chi connectivity index (χ0n) is 11.0. The Bertz CT molecular complexity index is 317. The second-order valence-corrected chi connectivity index (χ2v) is 5.00. The fraction of sp³-hybridized carbons (Fsp3) is 0.571. The molecule has 1 rings (SSSR count). The molecule has 1 aromatic rings. The lowest BCUT2D eigenvalue weighted by Crippen LogP contribution is -2.18. The topological polar surface area (TPSA) is 21.3 Å². The summed E-state index contributed by atoms with van der Waals surface area (Å²) in [5, 5.41) is 3.42. The van der Waals surface area contributed by atoms with Crippen LogP contribution in [0.2, 0.25) is 0 Å². The Morgan fingerprint density at radius 1 is 1.35 bits per heavy atom. The molecule has 0 aromatic heterocycles. The van der Waals surface area contributed by atoms with Crippen LogP contribution in [0.1, 0.15) is 31.9 Å². The van der Waals surface area contributed by atoms with Crippen molar-refractivity contribution in [1.82, 2.24) is 5.32 Å². The summed E-state index contributed by atoms with van der Waals surface area (Å²) in [5.41, 5.74) is 1.25. The molecule has 0 heterocycles. The highest BCUT2D eigenvalue weighted by Crippen LogP contribution is 2.24. The van der Waals surface area contributed by atoms with Crippen LogP contribution in [0.5, 0.6) is 5.75 Å². The molecule has 0 aliphatic rings. The molecule has 1 aromatic carbocycles. The molecular weight excluding hydrogens is 230 g/mol. The molecule has 0 aliphatic carbocycles. The lowest BCUT2D eigenvalue weighted by molar-refractivity contribution is 0.312. The van der Waals surface area contributed by atoms with Crippen molar-refractivity contribution >= 4 is 11.8 Å². The minimum Gasteiger partial charge on any atom is -0.493 e. The first-order chi connectivity index (χ1) is 8.29. The highest BCUT2D eigenvalue weighted by molar-refractivity contribution is 7.98. The van der Waals surface area contributed by atoms with Gasteiger partial charge in [0.05, 0.1) is 6.61 Å². The van der Waals surface area contributed by atoms with Gasteiger partial charge in [-0.15, -0.1) is 0 Å². The third-order valence-electron chi connectivity index (χ3n) is 2.65. The van der Waals surface area contributed by atoms with Crippen LogP contribution in [-0.2, 0) is 0 Å². The van der Waals surface area contributed by atoms with Crippen LogP contribution in [0, 0.1) is 0 Å². The van der Waals surface area contributed by atoms with Crippen molar-refractivity contribution in [1.29, 1.82) is 0 Å². The number of thioether (sulfide) groups is 1. The van der Waals surface area contributed by atoms with Crippen LogP contribution >= 0.6 is 11.8 Å². The van der Waals surface area contributed by atoms with Gasteiger partial charge in [-0.05, 0) is 38.0 Å². The Morgan fingerprint density at radius 3 is 2.82 bits per heavy atom. The van der Waals surface area contributed by atoms with Crippen LogP contribution in [0.15, 0.2) is 24.3 Å². The minimum atomic E-state index is 0.344. The van der Waals surface area contributed by atoms with Crippen LogP contribution in [0.25, 0.3) is 0 Å². The molecule has 0 bridgehead atoms. The number of hydrogen-bond donors (Lipinski definition) is 1. The normalized spacial score (nSPS) is 12.4. The highest BCUT2D eigenvalue weighted by atomic mass is 32.2. The van der Waals surface area contributed by atoms with E-state index in [-0.39, 0.29) is 0 Å². The first kappa shape index (κ1) is 14.4. The fourth-order valence-electron chi connectivity index (χ4n) is 1.77. The fourth-order valence-corrected chi connectivity index (χ4v) is 2.18. The molecule has 3 heteroatoms. The number of ether oxygens (including phenoxy) is 1. The molecule has 0 fully saturated rings. The van der Waals surface area contributed by atoms with E-state index in [1.807, 2.05) is 17.8 Å². The van der Waals surface area contributed by atoms with E-state index in [9.17, 15) is 0 Å². The lowest BCUT2D eigenvalue weighted by atomic mass is 10.1. The zero-order chi connectivity index (χ0) is 12.5. The van der Waals surface area contributed by atoms with Gasteiger partial charge in [-0.3, -0.25) is 0 Å². The maximum Gasteiger partial charge on any atom is 0.124 e. The van der Waals surface area contributed by atoms with Crippen molar-refractivity contribution in [2.24, 2.45) is 0 Å². The van der Waals surface area contributed by atoms with E-state index in [2.05, 4.69) is 43.6 Å². The molecule has 1 N–H and O–H groups in total. The Kier molecular flexibility index (Phi) is 7.13. The third kappa shape index (κ3) is 5.00. The Labute approximate surface area is 109 Å². The molecule has 0 radical (unpaired) electrons. The van der Waals surface area contributed by atoms with Crippen LogP contribution < -0.4 is 10.1 Å². The number of rotatable bonds is 8. The molecule has 96 valence electrons. The van der Waals surface area contributed by atoms with Crippen LogP contribution in [0.3, 0.4) is 0 Å². The largest absolute Gasteiger partial charge is 0.493 e. The van der Waals surface area contributed by atoms with E-state index in [4.69, 9.17) is 4.74 Å². The maximum absolute atomic E-state index is 5.85. The van der Waals surface area contributed by atoms with Gasteiger partial charge in [-0.2, -0.15) is 11.8 Å². The monoisotopic (exact) mass is 253 g/mol. The summed E-state index contributed by atoms with van der Waals surface area (Å²) in [7, 11) is 0. The van der Waals surface area contributed by atoms with Gasteiger partial charge < -0.3 is 10.1 Å². The van der Waals surface area contributed by atoms with Crippen molar-refractivity contribution in [3.05, 3.63) is 29.8 Å². The van der Waals surface area contributed by atoms with E-state index in [1.54, 1.807) is 0 Å². The van der Waals surface area contributed by atoms with Crippen molar-refractivity contribution in [2.45, 2.75) is 26.3 Å². The Balaban J connectivity index is 2.57. The molecule has 17 heavy (non-hydrogen) atoms. The number of benzene rings is 1. The molecule has 0 amide bonds. The molecule has 0 aliphatic heterocycles. The highest BCUT2D eigenvalue weighted by Gasteiger charge is 2.09. The molecule has 0 spiro atoms. The second kappa shape index (κ2) is 8.43. The zero-order valence-corrected chi connectivity index (χ0v) is 11.8. The van der Waals surface area contributed by atoms with Gasteiger partial charge in [0.15, 0.2) is 0 Å². The van der Waals surface area contributed by atoms with E-state index >= 15 is 0 Å². The molecule has 1 atom stereocenters. The third-order valence-corrected chi connectivity index (χ3v) is 3.34. The quantitative estimate of drug-likeness (QED) is 0.717. The number of para-hydroxylation sites is 1. The summed E-state index contributed by atoms with van der Waals surface area (Å²) in [6.07, 6.45) is 3.23. The van der Waals surface area contributed by atoms with Crippen molar-refractivity contribution in [3.8, 4) is 5.75 Å². The van der Waals surface area contributed by atoms with E-state index in [1.165, 1.54) is 5.56 Å². The lowest BCUT2D eigenvalue weighted by Gasteiger charge is -2.17. The Hall–Kier alpha value is -0.670. The van der Waals surface area contributed by atoms with Crippen molar-refractivity contribution < 1.29 is 4.74 Å². The van der Waals surface area contributed by atoms with E-state index in [0.29, 0.717) is 6.04 Å². The SMILES string of the molecule is CCNC(C)c1ccccc1OCCCSC. The predicted octanol–water partition coefficient (Wildman–Crippen LogP) is 3.49. The first-order valence-electron chi connectivity index (χ1n) is 6.23. The summed E-state index contributed by atoms with van der Waals surface area (Å²) in [6, 6.07) is 8.64. The first-order valence-corrected chi connectivity index (χ1v) is 7.63. The van der Waals surface area contributed by atoms with Gasteiger partial charge in [0, 0.05) is 11.6 Å². The number of hydrogen-bond acceptors (Lipinski definition) is 3. The van der Waals surface area contributed by atoms with Gasteiger partial charge in [-0.1, -0.05) is 25.1 Å². The maximum atomic E-state index is 5.85. The van der Waals surface area contributed by atoms with Gasteiger partial charge >= 0.3 is 0 Å². The molecule has 0 saturated heterocycles. The molecular formula is C14H23NOS. The van der Waals surface area contributed by atoms with Crippen LogP contribution in [-0.4, -0.2) is 25.2 Å². The number of nitrogens with one attached hydrogen (secondary N) is 1. The average Bonchev–Trinajstić information content (AvgIpc) is 2.35. The Morgan fingerprint density at radius 2 is 2.12 bits per heavy atom. The molecule has 1 unspecified atom stereocenters. The summed E-state index contributed by atoms with van der Waals surface area (Å²) in [5.74, 6) is 2.17. The summed E-state index contributed by atoms with van der Waals surface area (Å²) >= 11 is 1.86. The van der Waals surface area contributed by atoms with Crippen molar-refractivity contribution in [3.63, 3.8) is 0 Å². The summed E-state index contributed by atoms with van der Waals surface area (Å²) in [6.45, 7) is 6.07. The predicted molar refractivity (Wildman–Crippen MR) is 77.0 cm³/mol. The van der Waals surface area contributed by atoms with Crippen molar-refractivity contribution in [2.75, 3.05) is 25.2 Å². The van der Waals surface area contributed by atoms with Gasteiger partial charge in [0.1, 0.15) is 5.75 Å². The summed E-state index contributed by atoms with van der Waals surface area (Å²) in [4.78, 5) is 0. The molecule has 0 saturated carbocycles.